The van der Waals surface area contributed by atoms with Crippen LogP contribution in [0.25, 0.3) is 0 Å². The SMILES string of the molecule is Cc1ccc(C(Cl)c2cc3c(cc2Br)OCCCO3)s1. The fourth-order valence-electron chi connectivity index (χ4n) is 2.14. The van der Waals surface area contributed by atoms with Gasteiger partial charge in [-0.3, -0.25) is 0 Å². The van der Waals surface area contributed by atoms with E-state index in [0.717, 1.165) is 32.8 Å². The molecule has 1 atom stereocenters. The molecule has 1 aliphatic rings. The maximum Gasteiger partial charge on any atom is 0.162 e. The summed E-state index contributed by atoms with van der Waals surface area (Å²) in [5, 5.41) is -0.180. The highest BCUT2D eigenvalue weighted by molar-refractivity contribution is 9.10. The Kier molecular flexibility index (Phi) is 4.24. The summed E-state index contributed by atoms with van der Waals surface area (Å²) < 4.78 is 12.4. The van der Waals surface area contributed by atoms with Crippen molar-refractivity contribution in [3.05, 3.63) is 44.1 Å². The minimum atomic E-state index is -0.180. The molecule has 0 aliphatic carbocycles. The van der Waals surface area contributed by atoms with Gasteiger partial charge in [0.1, 0.15) is 0 Å². The first-order valence-corrected chi connectivity index (χ1v) is 8.49. The molecule has 20 heavy (non-hydrogen) atoms. The van der Waals surface area contributed by atoms with Crippen molar-refractivity contribution < 1.29 is 9.47 Å². The Morgan fingerprint density at radius 3 is 2.55 bits per heavy atom. The Morgan fingerprint density at radius 1 is 1.20 bits per heavy atom. The second kappa shape index (κ2) is 5.96. The number of thiophene rings is 1. The molecular formula is C15H14BrClO2S. The topological polar surface area (TPSA) is 18.5 Å². The van der Waals surface area contributed by atoms with E-state index in [2.05, 4.69) is 35.0 Å². The highest BCUT2D eigenvalue weighted by atomic mass is 79.9. The van der Waals surface area contributed by atoms with Gasteiger partial charge >= 0.3 is 0 Å². The maximum atomic E-state index is 6.62. The lowest BCUT2D eigenvalue weighted by Gasteiger charge is -2.14. The van der Waals surface area contributed by atoms with Gasteiger partial charge in [-0.25, -0.2) is 0 Å². The van der Waals surface area contributed by atoms with E-state index in [1.54, 1.807) is 11.3 Å². The second-order valence-electron chi connectivity index (χ2n) is 4.68. The molecule has 106 valence electrons. The van der Waals surface area contributed by atoms with Crippen LogP contribution in [-0.4, -0.2) is 13.2 Å². The Morgan fingerprint density at radius 2 is 1.90 bits per heavy atom. The summed E-state index contributed by atoms with van der Waals surface area (Å²) in [6, 6.07) is 8.10. The molecule has 1 aromatic heterocycles. The molecule has 0 radical (unpaired) electrons. The Balaban J connectivity index is 1.99. The van der Waals surface area contributed by atoms with Crippen molar-refractivity contribution >= 4 is 38.9 Å². The van der Waals surface area contributed by atoms with Crippen molar-refractivity contribution in [1.29, 1.82) is 0 Å². The monoisotopic (exact) mass is 372 g/mol. The van der Waals surface area contributed by atoms with Crippen LogP contribution < -0.4 is 9.47 Å². The molecule has 3 rings (SSSR count). The summed E-state index contributed by atoms with van der Waals surface area (Å²) in [6.45, 7) is 3.45. The van der Waals surface area contributed by atoms with Crippen LogP contribution in [0.2, 0.25) is 0 Å². The molecule has 2 aromatic rings. The van der Waals surface area contributed by atoms with Gasteiger partial charge in [-0.1, -0.05) is 15.9 Å². The van der Waals surface area contributed by atoms with E-state index < -0.39 is 0 Å². The van der Waals surface area contributed by atoms with Gasteiger partial charge in [0.05, 0.1) is 18.6 Å². The molecule has 2 heterocycles. The fraction of sp³-hybridized carbons (Fsp3) is 0.333. The van der Waals surface area contributed by atoms with Gasteiger partial charge in [0, 0.05) is 20.6 Å². The quantitative estimate of drug-likeness (QED) is 0.664. The van der Waals surface area contributed by atoms with Gasteiger partial charge in [-0.05, 0) is 36.8 Å². The molecule has 0 N–H and O–H groups in total. The van der Waals surface area contributed by atoms with Crippen LogP contribution in [-0.2, 0) is 0 Å². The predicted octanol–water partition coefficient (Wildman–Crippen LogP) is 5.31. The normalized spacial score (nSPS) is 15.8. The molecule has 5 heteroatoms. The third-order valence-corrected chi connectivity index (χ3v) is 5.50. The van der Waals surface area contributed by atoms with E-state index in [-0.39, 0.29) is 5.38 Å². The molecule has 0 fully saturated rings. The van der Waals surface area contributed by atoms with E-state index in [9.17, 15) is 0 Å². The number of benzene rings is 1. The third-order valence-electron chi connectivity index (χ3n) is 3.15. The molecule has 0 spiro atoms. The second-order valence-corrected chi connectivity index (χ2v) is 7.29. The van der Waals surface area contributed by atoms with Gasteiger partial charge in [0.25, 0.3) is 0 Å². The molecule has 1 unspecified atom stereocenters. The first-order valence-electron chi connectivity index (χ1n) is 6.44. The predicted molar refractivity (Wildman–Crippen MR) is 86.5 cm³/mol. The number of halogens is 2. The van der Waals surface area contributed by atoms with Gasteiger partial charge in [-0.2, -0.15) is 0 Å². The van der Waals surface area contributed by atoms with Crippen molar-refractivity contribution in [2.24, 2.45) is 0 Å². The third kappa shape index (κ3) is 2.83. The minimum Gasteiger partial charge on any atom is -0.490 e. The highest BCUT2D eigenvalue weighted by Gasteiger charge is 2.20. The molecule has 2 nitrogen and oxygen atoms in total. The Bertz CT molecular complexity index is 626. The zero-order chi connectivity index (χ0) is 14.1. The molecular weight excluding hydrogens is 360 g/mol. The molecule has 0 amide bonds. The maximum absolute atomic E-state index is 6.62. The van der Waals surface area contributed by atoms with Crippen molar-refractivity contribution in [2.75, 3.05) is 13.2 Å². The van der Waals surface area contributed by atoms with Gasteiger partial charge in [0.15, 0.2) is 11.5 Å². The summed E-state index contributed by atoms with van der Waals surface area (Å²) in [6.07, 6.45) is 0.899. The zero-order valence-corrected chi connectivity index (χ0v) is 14.1. The van der Waals surface area contributed by atoms with E-state index in [1.165, 1.54) is 4.88 Å². The van der Waals surface area contributed by atoms with Crippen LogP contribution in [0.1, 0.15) is 27.1 Å². The lowest BCUT2D eigenvalue weighted by molar-refractivity contribution is 0.297. The number of hydrogen-bond donors (Lipinski definition) is 0. The van der Waals surface area contributed by atoms with Gasteiger partial charge < -0.3 is 9.47 Å². The summed E-state index contributed by atoms with van der Waals surface area (Å²) in [4.78, 5) is 2.40. The molecule has 0 saturated heterocycles. The van der Waals surface area contributed by atoms with E-state index >= 15 is 0 Å². The number of fused-ring (bicyclic) bond motifs is 1. The number of aryl methyl sites for hydroxylation is 1. The van der Waals surface area contributed by atoms with E-state index in [0.29, 0.717) is 13.2 Å². The lowest BCUT2D eigenvalue weighted by Crippen LogP contribution is -1.97. The van der Waals surface area contributed by atoms with Crippen molar-refractivity contribution in [2.45, 2.75) is 18.7 Å². The van der Waals surface area contributed by atoms with Crippen LogP contribution >= 0.6 is 38.9 Å². The first-order chi connectivity index (χ1) is 9.65. The van der Waals surface area contributed by atoms with Crippen molar-refractivity contribution in [3.63, 3.8) is 0 Å². The van der Waals surface area contributed by atoms with E-state index in [4.69, 9.17) is 21.1 Å². The molecule has 1 aliphatic heterocycles. The summed E-state index contributed by atoms with van der Waals surface area (Å²) in [7, 11) is 0. The molecule has 0 saturated carbocycles. The summed E-state index contributed by atoms with van der Waals surface area (Å²) >= 11 is 11.9. The molecule has 1 aromatic carbocycles. The Hall–Kier alpha value is -0.710. The van der Waals surface area contributed by atoms with Crippen LogP contribution in [0.5, 0.6) is 11.5 Å². The summed E-state index contributed by atoms with van der Waals surface area (Å²) in [5.74, 6) is 1.56. The minimum absolute atomic E-state index is 0.180. The first kappa shape index (κ1) is 14.2. The van der Waals surface area contributed by atoms with Crippen LogP contribution in [0.15, 0.2) is 28.7 Å². The zero-order valence-electron chi connectivity index (χ0n) is 11.0. The lowest BCUT2D eigenvalue weighted by atomic mass is 10.1. The highest BCUT2D eigenvalue weighted by Crippen LogP contribution is 2.42. The molecule has 0 bridgehead atoms. The van der Waals surface area contributed by atoms with Crippen molar-refractivity contribution in [3.8, 4) is 11.5 Å². The van der Waals surface area contributed by atoms with Crippen molar-refractivity contribution in [1.82, 2.24) is 0 Å². The number of ether oxygens (including phenoxy) is 2. The Labute approximate surface area is 135 Å². The standard InChI is InChI=1S/C15H14BrClO2S/c1-9-3-4-14(20-9)15(17)10-7-12-13(8-11(10)16)19-6-2-5-18-12/h3-4,7-8,15H,2,5-6H2,1H3. The largest absolute Gasteiger partial charge is 0.490 e. The fourth-order valence-corrected chi connectivity index (χ4v) is 4.08. The van der Waals surface area contributed by atoms with Gasteiger partial charge in [0.2, 0.25) is 0 Å². The van der Waals surface area contributed by atoms with Crippen LogP contribution in [0.4, 0.5) is 0 Å². The van der Waals surface area contributed by atoms with Crippen LogP contribution in [0.3, 0.4) is 0 Å². The van der Waals surface area contributed by atoms with Gasteiger partial charge in [-0.15, -0.1) is 22.9 Å². The smallest absolute Gasteiger partial charge is 0.162 e. The van der Waals surface area contributed by atoms with E-state index in [1.807, 2.05) is 12.1 Å². The summed E-state index contributed by atoms with van der Waals surface area (Å²) in [5.41, 5.74) is 1.01. The van der Waals surface area contributed by atoms with Crippen LogP contribution in [0, 0.1) is 6.92 Å². The number of hydrogen-bond acceptors (Lipinski definition) is 3. The number of alkyl halides is 1. The average Bonchev–Trinajstić information content (AvgIpc) is 2.73. The average molecular weight is 374 g/mol. The number of rotatable bonds is 2.